The second-order valence-electron chi connectivity index (χ2n) is 8.76. The average molecular weight is 445 g/mol. The van der Waals surface area contributed by atoms with Crippen LogP contribution in [0.15, 0.2) is 48.5 Å². The fourth-order valence-corrected chi connectivity index (χ4v) is 4.05. The first-order valence-corrected chi connectivity index (χ1v) is 10.7. The number of amides is 2. The maximum atomic E-state index is 14.2. The van der Waals surface area contributed by atoms with Crippen molar-refractivity contribution in [3.05, 3.63) is 65.2 Å². The molecule has 2 amide bonds. The van der Waals surface area contributed by atoms with Crippen LogP contribution in [0.4, 0.5) is 18.9 Å². The molecule has 2 N–H and O–H groups in total. The van der Waals surface area contributed by atoms with E-state index in [1.807, 2.05) is 30.3 Å². The molecule has 0 spiro atoms. The molecule has 1 saturated heterocycles. The number of carbonyl (C=O) groups excluding carboxylic acids is 2. The van der Waals surface area contributed by atoms with Crippen LogP contribution in [0.5, 0.6) is 0 Å². The Kier molecular flexibility index (Phi) is 5.99. The molecule has 5 nitrogen and oxygen atoms in total. The number of nitrogens with zero attached hydrogens (tertiary/aromatic N) is 1. The zero-order valence-electron chi connectivity index (χ0n) is 17.8. The molecule has 8 heteroatoms. The van der Waals surface area contributed by atoms with Gasteiger partial charge in [-0.15, -0.1) is 0 Å². The largest absolute Gasteiger partial charge is 0.404 e. The summed E-state index contributed by atoms with van der Waals surface area (Å²) in [4.78, 5) is 27.0. The molecule has 0 bridgehead atoms. The van der Waals surface area contributed by atoms with Gasteiger partial charge in [-0.1, -0.05) is 36.4 Å². The summed E-state index contributed by atoms with van der Waals surface area (Å²) in [5.74, 6) is -1.37. The Labute approximate surface area is 185 Å². The Bertz CT molecular complexity index is 1010. The molecule has 2 fully saturated rings. The molecule has 2 aromatic carbocycles. The first-order chi connectivity index (χ1) is 15.2. The van der Waals surface area contributed by atoms with Gasteiger partial charge in [0.1, 0.15) is 0 Å². The van der Waals surface area contributed by atoms with E-state index < -0.39 is 24.0 Å². The lowest BCUT2D eigenvalue weighted by Crippen LogP contribution is -2.50. The number of rotatable bonds is 6. The molecule has 1 heterocycles. The molecule has 0 aromatic heterocycles. The van der Waals surface area contributed by atoms with Gasteiger partial charge in [-0.25, -0.2) is 0 Å². The van der Waals surface area contributed by atoms with E-state index in [1.54, 1.807) is 24.0 Å². The summed E-state index contributed by atoms with van der Waals surface area (Å²) in [5.41, 5.74) is -0.464. The van der Waals surface area contributed by atoms with Crippen LogP contribution >= 0.6 is 0 Å². The number of halogens is 3. The summed E-state index contributed by atoms with van der Waals surface area (Å²) in [6.07, 6.45) is -3.16. The van der Waals surface area contributed by atoms with Crippen molar-refractivity contribution in [2.75, 3.05) is 18.4 Å². The Morgan fingerprint density at radius 3 is 2.50 bits per heavy atom. The Morgan fingerprint density at radius 2 is 1.84 bits per heavy atom. The van der Waals surface area contributed by atoms with Gasteiger partial charge < -0.3 is 10.6 Å². The molecular formula is C24H26F3N3O2. The fourth-order valence-electron chi connectivity index (χ4n) is 4.05. The first-order valence-electron chi connectivity index (χ1n) is 10.7. The van der Waals surface area contributed by atoms with Gasteiger partial charge in [0.05, 0.1) is 0 Å². The summed E-state index contributed by atoms with van der Waals surface area (Å²) < 4.78 is 42.6. The standard InChI is InChI=1S/C24H26F3N3O2/c1-16-7-8-18(21(31)28-19-9-10-19)13-20(16)29-22(32)23(24(25,26)27)11-12-30(15-23)14-17-5-3-2-4-6-17/h2-8,13,19H,9-12,14-15H2,1H3,(H,28,31)(H,29,32). The molecule has 0 radical (unpaired) electrons. The van der Waals surface area contributed by atoms with Crippen LogP contribution in [0.3, 0.4) is 0 Å². The van der Waals surface area contributed by atoms with E-state index in [9.17, 15) is 22.8 Å². The number of hydrogen-bond acceptors (Lipinski definition) is 3. The van der Waals surface area contributed by atoms with Crippen molar-refractivity contribution in [1.82, 2.24) is 10.2 Å². The fraction of sp³-hybridized carbons (Fsp3) is 0.417. The minimum absolute atomic E-state index is 0.157. The molecule has 32 heavy (non-hydrogen) atoms. The third kappa shape index (κ3) is 4.65. The van der Waals surface area contributed by atoms with Crippen molar-refractivity contribution >= 4 is 17.5 Å². The van der Waals surface area contributed by atoms with Crippen LogP contribution in [0.2, 0.25) is 0 Å². The van der Waals surface area contributed by atoms with Crippen LogP contribution < -0.4 is 10.6 Å². The lowest BCUT2D eigenvalue weighted by atomic mass is 9.85. The van der Waals surface area contributed by atoms with Gasteiger partial charge in [0.15, 0.2) is 5.41 Å². The molecule has 1 aliphatic carbocycles. The molecule has 1 aliphatic heterocycles. The van der Waals surface area contributed by atoms with Crippen LogP contribution in [0.25, 0.3) is 0 Å². The lowest BCUT2D eigenvalue weighted by molar-refractivity contribution is -0.215. The molecule has 4 rings (SSSR count). The van der Waals surface area contributed by atoms with Gasteiger partial charge in [0.2, 0.25) is 5.91 Å². The first kappa shape index (κ1) is 22.3. The Balaban J connectivity index is 1.52. The van der Waals surface area contributed by atoms with Crippen LogP contribution in [0.1, 0.15) is 40.7 Å². The number of benzene rings is 2. The van der Waals surface area contributed by atoms with Crippen LogP contribution in [-0.4, -0.2) is 42.0 Å². The highest BCUT2D eigenvalue weighted by Crippen LogP contribution is 2.46. The van der Waals surface area contributed by atoms with Crippen molar-refractivity contribution < 1.29 is 22.8 Å². The van der Waals surface area contributed by atoms with E-state index in [0.29, 0.717) is 17.7 Å². The summed E-state index contributed by atoms with van der Waals surface area (Å²) in [6, 6.07) is 14.1. The molecular weight excluding hydrogens is 419 g/mol. The van der Waals surface area contributed by atoms with Gasteiger partial charge in [0, 0.05) is 30.4 Å². The maximum absolute atomic E-state index is 14.2. The predicted octanol–water partition coefficient (Wildman–Crippen LogP) is 4.28. The summed E-state index contributed by atoms with van der Waals surface area (Å²) >= 11 is 0. The predicted molar refractivity (Wildman–Crippen MR) is 115 cm³/mol. The van der Waals surface area contributed by atoms with Crippen LogP contribution in [0, 0.1) is 12.3 Å². The second kappa shape index (κ2) is 8.58. The maximum Gasteiger partial charge on any atom is 0.404 e. The van der Waals surface area contributed by atoms with Crippen LogP contribution in [-0.2, 0) is 11.3 Å². The van der Waals surface area contributed by atoms with Crippen molar-refractivity contribution in [2.24, 2.45) is 5.41 Å². The molecule has 2 aliphatic rings. The zero-order chi connectivity index (χ0) is 22.9. The smallest absolute Gasteiger partial charge is 0.349 e. The van der Waals surface area contributed by atoms with Gasteiger partial charge >= 0.3 is 6.18 Å². The number of hydrogen-bond donors (Lipinski definition) is 2. The Morgan fingerprint density at radius 1 is 1.12 bits per heavy atom. The van der Waals surface area contributed by atoms with E-state index in [0.717, 1.165) is 18.4 Å². The number of carbonyl (C=O) groups is 2. The van der Waals surface area contributed by atoms with Crippen molar-refractivity contribution in [3.8, 4) is 0 Å². The topological polar surface area (TPSA) is 61.4 Å². The van der Waals surface area contributed by atoms with Gasteiger partial charge in [0.25, 0.3) is 5.91 Å². The molecule has 170 valence electrons. The van der Waals surface area contributed by atoms with Crippen molar-refractivity contribution in [1.29, 1.82) is 0 Å². The second-order valence-corrected chi connectivity index (χ2v) is 8.76. The molecule has 1 atom stereocenters. The van der Waals surface area contributed by atoms with Crippen molar-refractivity contribution in [2.45, 2.75) is 44.9 Å². The van der Waals surface area contributed by atoms with Gasteiger partial charge in [-0.3, -0.25) is 14.5 Å². The van der Waals surface area contributed by atoms with E-state index in [1.165, 1.54) is 6.07 Å². The average Bonchev–Trinajstić information content (AvgIpc) is 3.45. The SMILES string of the molecule is Cc1ccc(C(=O)NC2CC2)cc1NC(=O)C1(C(F)(F)F)CCN(Cc2ccccc2)C1. The van der Waals surface area contributed by atoms with E-state index in [2.05, 4.69) is 10.6 Å². The quantitative estimate of drug-likeness (QED) is 0.698. The third-order valence-electron chi connectivity index (χ3n) is 6.24. The highest BCUT2D eigenvalue weighted by Gasteiger charge is 2.63. The number of aryl methyl sites for hydroxylation is 1. The third-order valence-corrected chi connectivity index (χ3v) is 6.24. The molecule has 1 unspecified atom stereocenters. The normalized spacial score (nSPS) is 21.4. The summed E-state index contributed by atoms with van der Waals surface area (Å²) in [5, 5.41) is 5.33. The minimum Gasteiger partial charge on any atom is -0.349 e. The monoisotopic (exact) mass is 445 g/mol. The number of alkyl halides is 3. The van der Waals surface area contributed by atoms with Crippen molar-refractivity contribution in [3.63, 3.8) is 0 Å². The van der Waals surface area contributed by atoms with Gasteiger partial charge in [-0.2, -0.15) is 13.2 Å². The summed E-state index contributed by atoms with van der Waals surface area (Å²) in [6.45, 7) is 1.80. The highest BCUT2D eigenvalue weighted by molar-refractivity contribution is 6.00. The highest BCUT2D eigenvalue weighted by atomic mass is 19.4. The minimum atomic E-state index is -4.70. The molecule has 2 aromatic rings. The number of nitrogens with one attached hydrogen (secondary N) is 2. The lowest BCUT2D eigenvalue weighted by Gasteiger charge is -2.31. The van der Waals surface area contributed by atoms with E-state index >= 15 is 0 Å². The van der Waals surface area contributed by atoms with E-state index in [4.69, 9.17) is 0 Å². The Hall–Kier alpha value is -2.87. The zero-order valence-corrected chi connectivity index (χ0v) is 17.8. The number of likely N-dealkylation sites (tertiary alicyclic amines) is 1. The summed E-state index contributed by atoms with van der Waals surface area (Å²) in [7, 11) is 0. The molecule has 1 saturated carbocycles. The van der Waals surface area contributed by atoms with E-state index in [-0.39, 0.29) is 30.6 Å². The number of anilines is 1. The van der Waals surface area contributed by atoms with Gasteiger partial charge in [-0.05, 0) is 56.0 Å².